The smallest absolute Gasteiger partial charge is 0.417 e. The monoisotopic (exact) mass is 503 g/mol. The van der Waals surface area contributed by atoms with E-state index in [1.54, 1.807) is 6.20 Å². The Morgan fingerprint density at radius 3 is 2.42 bits per heavy atom. The first-order valence-corrected chi connectivity index (χ1v) is 12.3. The molecule has 0 unspecified atom stereocenters. The molecule has 1 saturated heterocycles. The van der Waals surface area contributed by atoms with Crippen molar-refractivity contribution in [3.05, 3.63) is 36.2 Å². The van der Waals surface area contributed by atoms with E-state index in [1.807, 2.05) is 12.1 Å². The summed E-state index contributed by atoms with van der Waals surface area (Å²) in [5, 5.41) is 8.97. The van der Waals surface area contributed by atoms with Gasteiger partial charge in [-0.3, -0.25) is 4.79 Å². The molecule has 5 rings (SSSR count). The molecule has 4 heterocycles. The van der Waals surface area contributed by atoms with Crippen LogP contribution in [0.25, 0.3) is 22.6 Å². The minimum absolute atomic E-state index is 0.154. The van der Waals surface area contributed by atoms with E-state index in [0.29, 0.717) is 17.0 Å². The predicted octanol–water partition coefficient (Wildman–Crippen LogP) is 5.06. The minimum atomic E-state index is -4.47. The lowest BCUT2D eigenvalue weighted by Gasteiger charge is -2.36. The first-order valence-electron chi connectivity index (χ1n) is 12.3. The van der Waals surface area contributed by atoms with Crippen molar-refractivity contribution in [3.8, 4) is 11.4 Å². The predicted molar refractivity (Wildman–Crippen MR) is 126 cm³/mol. The van der Waals surface area contributed by atoms with Gasteiger partial charge in [0.15, 0.2) is 5.65 Å². The van der Waals surface area contributed by atoms with Gasteiger partial charge < -0.3 is 19.7 Å². The first-order chi connectivity index (χ1) is 17.2. The zero-order valence-electron chi connectivity index (χ0n) is 19.7. The third-order valence-electron chi connectivity index (χ3n) is 7.09. The van der Waals surface area contributed by atoms with E-state index in [2.05, 4.69) is 24.8 Å². The normalized spacial score (nSPS) is 21.7. The molecule has 2 aliphatic rings. The summed E-state index contributed by atoms with van der Waals surface area (Å²) in [4.78, 5) is 28.7. The van der Waals surface area contributed by atoms with Crippen LogP contribution < -0.4 is 4.90 Å². The van der Waals surface area contributed by atoms with E-state index in [1.165, 1.54) is 0 Å². The second kappa shape index (κ2) is 10.0. The molecule has 2 fully saturated rings. The number of hydrogen-bond acceptors (Lipinski definition) is 6. The number of alkyl halides is 3. The van der Waals surface area contributed by atoms with Crippen molar-refractivity contribution in [2.45, 2.75) is 63.3 Å². The van der Waals surface area contributed by atoms with Crippen LogP contribution in [0.2, 0.25) is 0 Å². The van der Waals surface area contributed by atoms with Gasteiger partial charge in [0.2, 0.25) is 0 Å². The number of rotatable bonds is 6. The maximum atomic E-state index is 12.9. The molecule has 0 aromatic carbocycles. The third-order valence-corrected chi connectivity index (χ3v) is 7.09. The SMILES string of the molecule is O=C(O)CC1CCC(OC2CCN(c3ccc(-c4nc5cc(C(F)(F)F)cnc5[nH]4)cn3)CC2)CC1. The number of ether oxygens (including phenoxy) is 1. The zero-order chi connectivity index (χ0) is 25.3. The van der Waals surface area contributed by atoms with Gasteiger partial charge in [-0.15, -0.1) is 0 Å². The van der Waals surface area contributed by atoms with Gasteiger partial charge in [-0.1, -0.05) is 0 Å². The molecule has 3 aromatic rings. The largest absolute Gasteiger partial charge is 0.481 e. The Morgan fingerprint density at radius 2 is 1.78 bits per heavy atom. The number of carbonyl (C=O) groups is 1. The zero-order valence-corrected chi connectivity index (χ0v) is 19.7. The highest BCUT2D eigenvalue weighted by molar-refractivity contribution is 5.76. The lowest BCUT2D eigenvalue weighted by Crippen LogP contribution is -2.39. The van der Waals surface area contributed by atoms with Crippen LogP contribution in [0.15, 0.2) is 30.6 Å². The van der Waals surface area contributed by atoms with E-state index in [9.17, 15) is 18.0 Å². The van der Waals surface area contributed by atoms with Crippen LogP contribution in [0.4, 0.5) is 19.0 Å². The Hall–Kier alpha value is -3.21. The number of anilines is 1. The lowest BCUT2D eigenvalue weighted by atomic mass is 9.85. The van der Waals surface area contributed by atoms with Crippen LogP contribution in [-0.4, -0.2) is 56.3 Å². The van der Waals surface area contributed by atoms with Crippen LogP contribution in [0.3, 0.4) is 0 Å². The Morgan fingerprint density at radius 1 is 1.06 bits per heavy atom. The Labute approximate surface area is 205 Å². The van der Waals surface area contributed by atoms with Crippen LogP contribution >= 0.6 is 0 Å². The number of hydrogen-bond donors (Lipinski definition) is 2. The van der Waals surface area contributed by atoms with E-state index in [4.69, 9.17) is 9.84 Å². The summed E-state index contributed by atoms with van der Waals surface area (Å²) in [6.07, 6.45) is 4.14. The van der Waals surface area contributed by atoms with Crippen LogP contribution in [0.5, 0.6) is 0 Å². The van der Waals surface area contributed by atoms with Gasteiger partial charge >= 0.3 is 12.1 Å². The Kier molecular flexibility index (Phi) is 6.83. The molecule has 192 valence electrons. The van der Waals surface area contributed by atoms with E-state index in [0.717, 1.165) is 69.7 Å². The highest BCUT2D eigenvalue weighted by Gasteiger charge is 2.32. The highest BCUT2D eigenvalue weighted by atomic mass is 19.4. The molecule has 1 aliphatic heterocycles. The summed E-state index contributed by atoms with van der Waals surface area (Å²) in [5.41, 5.74) is 0.280. The Balaban J connectivity index is 1.14. The number of aliphatic carboxylic acids is 1. The van der Waals surface area contributed by atoms with Crippen molar-refractivity contribution in [3.63, 3.8) is 0 Å². The molecular formula is C25H28F3N5O3. The van der Waals surface area contributed by atoms with Crippen molar-refractivity contribution in [1.82, 2.24) is 19.9 Å². The fourth-order valence-electron chi connectivity index (χ4n) is 5.11. The van der Waals surface area contributed by atoms with Gasteiger partial charge in [0.1, 0.15) is 17.2 Å². The standard InChI is InChI=1S/C25H28F3N5O3/c26-25(27,28)17-12-20-24(30-14-17)32-23(31-20)16-3-6-21(29-13-16)33-9-7-19(8-10-33)36-18-4-1-15(2-5-18)11-22(34)35/h3,6,12-15,18-19H,1-2,4-5,7-11H2,(H,34,35)(H,30,31,32). The molecule has 2 N–H and O–H groups in total. The van der Waals surface area contributed by atoms with E-state index >= 15 is 0 Å². The van der Waals surface area contributed by atoms with Crippen LogP contribution in [0, 0.1) is 5.92 Å². The quantitative estimate of drug-likeness (QED) is 0.485. The number of halogens is 3. The Bertz CT molecular complexity index is 1200. The molecule has 8 nitrogen and oxygen atoms in total. The molecule has 0 atom stereocenters. The van der Waals surface area contributed by atoms with Gasteiger partial charge in [-0.05, 0) is 62.6 Å². The summed E-state index contributed by atoms with van der Waals surface area (Å²) in [5.74, 6) is 0.801. The maximum Gasteiger partial charge on any atom is 0.417 e. The van der Waals surface area contributed by atoms with Crippen LogP contribution in [-0.2, 0) is 15.7 Å². The van der Waals surface area contributed by atoms with Gasteiger partial charge in [-0.25, -0.2) is 15.0 Å². The number of nitrogens with zero attached hydrogens (tertiary/aromatic N) is 4. The molecule has 1 saturated carbocycles. The molecule has 0 radical (unpaired) electrons. The second-order valence-corrected chi connectivity index (χ2v) is 9.64. The number of aromatic amines is 1. The summed E-state index contributed by atoms with van der Waals surface area (Å²) in [6, 6.07) is 4.73. The molecule has 11 heteroatoms. The van der Waals surface area contributed by atoms with Gasteiger partial charge in [0, 0.05) is 37.5 Å². The fraction of sp³-hybridized carbons (Fsp3) is 0.520. The number of piperidine rings is 1. The van der Waals surface area contributed by atoms with Gasteiger partial charge in [0.25, 0.3) is 0 Å². The molecule has 1 aliphatic carbocycles. The number of carboxylic acids is 1. The molecular weight excluding hydrogens is 475 g/mol. The van der Waals surface area contributed by atoms with E-state index in [-0.39, 0.29) is 30.1 Å². The number of imidazole rings is 1. The van der Waals surface area contributed by atoms with Crippen molar-refractivity contribution in [1.29, 1.82) is 0 Å². The summed E-state index contributed by atoms with van der Waals surface area (Å²) in [6.45, 7) is 1.64. The van der Waals surface area contributed by atoms with Crippen LogP contribution in [0.1, 0.15) is 50.5 Å². The van der Waals surface area contributed by atoms with Gasteiger partial charge in [0.05, 0.1) is 17.8 Å². The van der Waals surface area contributed by atoms with E-state index < -0.39 is 17.7 Å². The molecule has 0 spiro atoms. The topological polar surface area (TPSA) is 104 Å². The number of H-pyrrole nitrogens is 1. The van der Waals surface area contributed by atoms with Gasteiger partial charge in [-0.2, -0.15) is 13.2 Å². The summed E-state index contributed by atoms with van der Waals surface area (Å²) < 4.78 is 45.1. The minimum Gasteiger partial charge on any atom is -0.481 e. The average molecular weight is 504 g/mol. The van der Waals surface area contributed by atoms with Crippen molar-refractivity contribution >= 4 is 23.0 Å². The van der Waals surface area contributed by atoms with Crippen molar-refractivity contribution in [2.75, 3.05) is 18.0 Å². The number of nitrogens with one attached hydrogen (secondary N) is 1. The molecule has 0 bridgehead atoms. The number of carboxylic acid groups (broad SMARTS) is 1. The average Bonchev–Trinajstić information content (AvgIpc) is 3.29. The van der Waals surface area contributed by atoms with Crippen molar-refractivity contribution in [2.24, 2.45) is 5.92 Å². The highest BCUT2D eigenvalue weighted by Crippen LogP contribution is 2.32. The molecule has 3 aromatic heterocycles. The number of aromatic nitrogens is 4. The maximum absolute atomic E-state index is 12.9. The third kappa shape index (κ3) is 5.61. The lowest BCUT2D eigenvalue weighted by molar-refractivity contribution is -0.139. The summed E-state index contributed by atoms with van der Waals surface area (Å²) >= 11 is 0. The first kappa shape index (κ1) is 24.5. The number of fused-ring (bicyclic) bond motifs is 1. The number of pyridine rings is 2. The fourth-order valence-corrected chi connectivity index (χ4v) is 5.11. The second-order valence-electron chi connectivity index (χ2n) is 9.64. The summed E-state index contributed by atoms with van der Waals surface area (Å²) in [7, 11) is 0. The van der Waals surface area contributed by atoms with Crippen molar-refractivity contribution < 1.29 is 27.8 Å². The molecule has 0 amide bonds. The molecule has 36 heavy (non-hydrogen) atoms.